The summed E-state index contributed by atoms with van der Waals surface area (Å²) in [6, 6.07) is 9.55. The van der Waals surface area contributed by atoms with Crippen LogP contribution in [0.4, 0.5) is 25.1 Å². The van der Waals surface area contributed by atoms with Gasteiger partial charge in [0.05, 0.1) is 6.42 Å². The zero-order chi connectivity index (χ0) is 22.4. The van der Waals surface area contributed by atoms with Crippen molar-refractivity contribution < 1.29 is 23.1 Å². The molecule has 9 heteroatoms. The third-order valence-corrected chi connectivity index (χ3v) is 4.03. The van der Waals surface area contributed by atoms with E-state index in [1.165, 1.54) is 48.7 Å². The number of carbonyl (C=O) groups is 2. The van der Waals surface area contributed by atoms with E-state index in [1.54, 1.807) is 0 Å². The quantitative estimate of drug-likeness (QED) is 0.545. The number of nitrogens with zero attached hydrogens (tertiary/aromatic N) is 1. The molecule has 0 bridgehead atoms. The molecule has 0 aliphatic rings. The van der Waals surface area contributed by atoms with Gasteiger partial charge in [0.15, 0.2) is 11.6 Å². The van der Waals surface area contributed by atoms with Crippen molar-refractivity contribution in [2.45, 2.75) is 6.42 Å². The number of nitrogens with one attached hydrogen (secondary N) is 2. The summed E-state index contributed by atoms with van der Waals surface area (Å²) in [5.41, 5.74) is 6.47. The maximum atomic E-state index is 14.4. The molecule has 0 saturated carbocycles. The van der Waals surface area contributed by atoms with Crippen LogP contribution in [0.5, 0.6) is 11.5 Å². The highest BCUT2D eigenvalue weighted by Crippen LogP contribution is 2.30. The Labute approximate surface area is 176 Å². The number of amides is 3. The zero-order valence-electron chi connectivity index (χ0n) is 16.0. The van der Waals surface area contributed by atoms with E-state index in [9.17, 15) is 18.4 Å². The Morgan fingerprint density at radius 2 is 1.84 bits per heavy atom. The molecule has 7 nitrogen and oxygen atoms in total. The topological polar surface area (TPSA) is 106 Å². The summed E-state index contributed by atoms with van der Waals surface area (Å²) in [7, 11) is 0. The predicted molar refractivity (Wildman–Crippen MR) is 110 cm³/mol. The summed E-state index contributed by atoms with van der Waals surface area (Å²) in [6.45, 7) is 0. The molecule has 2 aromatic carbocycles. The van der Waals surface area contributed by atoms with Gasteiger partial charge in [-0.15, -0.1) is 6.42 Å². The number of rotatable bonds is 5. The summed E-state index contributed by atoms with van der Waals surface area (Å²) < 4.78 is 32.8. The molecule has 0 spiro atoms. The first-order valence-corrected chi connectivity index (χ1v) is 8.89. The minimum atomic E-state index is -0.850. The number of anilines is 2. The number of carbonyl (C=O) groups excluding carboxylic acids is 2. The number of terminal acetylenes is 1. The Hall–Kier alpha value is -4.45. The number of benzene rings is 2. The van der Waals surface area contributed by atoms with Crippen molar-refractivity contribution in [2.75, 3.05) is 11.1 Å². The minimum absolute atomic E-state index is 0.0701. The normalized spacial score (nSPS) is 10.1. The van der Waals surface area contributed by atoms with Gasteiger partial charge in [-0.25, -0.2) is 18.6 Å². The van der Waals surface area contributed by atoms with Crippen molar-refractivity contribution in [1.82, 2.24) is 10.3 Å². The Balaban J connectivity index is 1.61. The summed E-state index contributed by atoms with van der Waals surface area (Å²) in [5, 5.41) is 4.45. The van der Waals surface area contributed by atoms with Crippen LogP contribution in [0.2, 0.25) is 0 Å². The number of nitrogen functional groups attached to an aromatic ring is 1. The maximum absolute atomic E-state index is 14.4. The fourth-order valence-corrected chi connectivity index (χ4v) is 2.59. The van der Waals surface area contributed by atoms with Gasteiger partial charge in [-0.2, -0.15) is 0 Å². The van der Waals surface area contributed by atoms with Gasteiger partial charge in [0.1, 0.15) is 22.9 Å². The Bertz CT molecular complexity index is 1170. The molecular formula is C22H16F2N4O3. The first kappa shape index (κ1) is 21.3. The van der Waals surface area contributed by atoms with Crippen LogP contribution in [0.1, 0.15) is 11.1 Å². The second-order valence-electron chi connectivity index (χ2n) is 6.27. The molecule has 1 heterocycles. The van der Waals surface area contributed by atoms with E-state index in [1.807, 2.05) is 0 Å². The van der Waals surface area contributed by atoms with Gasteiger partial charge in [-0.3, -0.25) is 10.1 Å². The van der Waals surface area contributed by atoms with Gasteiger partial charge >= 0.3 is 6.03 Å². The monoisotopic (exact) mass is 422 g/mol. The molecule has 3 rings (SSSR count). The van der Waals surface area contributed by atoms with E-state index in [0.717, 1.165) is 6.07 Å². The summed E-state index contributed by atoms with van der Waals surface area (Å²) in [6.07, 6.45) is 6.62. The fourth-order valence-electron chi connectivity index (χ4n) is 2.59. The molecule has 0 saturated heterocycles. The summed E-state index contributed by atoms with van der Waals surface area (Å²) in [4.78, 5) is 27.7. The maximum Gasteiger partial charge on any atom is 0.325 e. The smallest absolute Gasteiger partial charge is 0.325 e. The highest BCUT2D eigenvalue weighted by atomic mass is 19.1. The van der Waals surface area contributed by atoms with E-state index >= 15 is 0 Å². The van der Waals surface area contributed by atoms with Gasteiger partial charge in [0.25, 0.3) is 0 Å². The highest BCUT2D eigenvalue weighted by molar-refractivity contribution is 6.01. The summed E-state index contributed by atoms with van der Waals surface area (Å²) >= 11 is 0. The van der Waals surface area contributed by atoms with Crippen LogP contribution >= 0.6 is 0 Å². The SMILES string of the molecule is C#Cc1c(Oc2ccc(NC(=O)NC(=O)Cc3ccc(F)cc3)cc2F)ccnc1N. The number of hydrogen-bond donors (Lipinski definition) is 3. The van der Waals surface area contributed by atoms with E-state index in [0.29, 0.717) is 5.56 Å². The average molecular weight is 422 g/mol. The number of urea groups is 1. The molecule has 0 radical (unpaired) electrons. The fraction of sp³-hybridized carbons (Fsp3) is 0.0455. The molecule has 3 aromatic rings. The van der Waals surface area contributed by atoms with E-state index < -0.39 is 23.6 Å². The number of ether oxygens (including phenoxy) is 1. The van der Waals surface area contributed by atoms with Crippen LogP contribution in [0.25, 0.3) is 0 Å². The van der Waals surface area contributed by atoms with E-state index in [-0.39, 0.29) is 35.0 Å². The standard InChI is InChI=1S/C22H16F2N4O3/c1-2-16-18(9-10-26-21(16)25)31-19-8-7-15(12-17(19)24)27-22(30)28-20(29)11-13-3-5-14(23)6-4-13/h1,3-10,12H,11H2,(H2,25,26)(H2,27,28,29,30). The van der Waals surface area contributed by atoms with E-state index in [2.05, 4.69) is 21.5 Å². The van der Waals surface area contributed by atoms with Crippen molar-refractivity contribution in [1.29, 1.82) is 0 Å². The lowest BCUT2D eigenvalue weighted by Crippen LogP contribution is -2.35. The lowest BCUT2D eigenvalue weighted by Gasteiger charge is -2.11. The van der Waals surface area contributed by atoms with Crippen LogP contribution in [0.15, 0.2) is 54.7 Å². The molecule has 156 valence electrons. The van der Waals surface area contributed by atoms with Crippen LogP contribution in [-0.4, -0.2) is 16.9 Å². The van der Waals surface area contributed by atoms with Gasteiger partial charge in [-0.1, -0.05) is 18.1 Å². The third-order valence-electron chi connectivity index (χ3n) is 4.03. The minimum Gasteiger partial charge on any atom is -0.453 e. The first-order chi connectivity index (χ1) is 14.9. The van der Waals surface area contributed by atoms with Gasteiger partial charge in [-0.05, 0) is 29.8 Å². The lowest BCUT2D eigenvalue weighted by molar-refractivity contribution is -0.119. The van der Waals surface area contributed by atoms with Crippen LogP contribution in [0.3, 0.4) is 0 Å². The number of imide groups is 1. The van der Waals surface area contributed by atoms with Crippen molar-refractivity contribution in [3.63, 3.8) is 0 Å². The molecule has 0 fully saturated rings. The number of nitrogens with two attached hydrogens (primary N) is 1. The molecule has 4 N–H and O–H groups in total. The van der Waals surface area contributed by atoms with Crippen LogP contribution in [-0.2, 0) is 11.2 Å². The van der Waals surface area contributed by atoms with Crippen molar-refractivity contribution in [2.24, 2.45) is 0 Å². The van der Waals surface area contributed by atoms with Crippen molar-refractivity contribution in [3.8, 4) is 23.8 Å². The highest BCUT2D eigenvalue weighted by Gasteiger charge is 2.13. The zero-order valence-corrected chi connectivity index (χ0v) is 16.0. The Morgan fingerprint density at radius 1 is 1.10 bits per heavy atom. The summed E-state index contributed by atoms with van der Waals surface area (Å²) in [5.74, 6) is 0.573. The molecule has 0 aliphatic heterocycles. The molecule has 0 unspecified atom stereocenters. The van der Waals surface area contributed by atoms with Crippen LogP contribution < -0.4 is 21.1 Å². The molecule has 31 heavy (non-hydrogen) atoms. The molecule has 0 aliphatic carbocycles. The van der Waals surface area contributed by atoms with Crippen LogP contribution in [0, 0.1) is 24.0 Å². The largest absolute Gasteiger partial charge is 0.453 e. The van der Waals surface area contributed by atoms with E-state index in [4.69, 9.17) is 16.9 Å². The Kier molecular flexibility index (Phi) is 6.42. The average Bonchev–Trinajstić information content (AvgIpc) is 2.72. The van der Waals surface area contributed by atoms with Gasteiger partial charge in [0.2, 0.25) is 5.91 Å². The first-order valence-electron chi connectivity index (χ1n) is 8.89. The molecule has 3 amide bonds. The molecule has 0 atom stereocenters. The third kappa shape index (κ3) is 5.55. The predicted octanol–water partition coefficient (Wildman–Crippen LogP) is 3.61. The second kappa shape index (κ2) is 9.37. The molecule has 1 aromatic heterocycles. The number of pyridine rings is 1. The van der Waals surface area contributed by atoms with Crippen molar-refractivity contribution in [3.05, 3.63) is 77.5 Å². The molecular weight excluding hydrogens is 406 g/mol. The number of halogens is 2. The number of aromatic nitrogens is 1. The lowest BCUT2D eigenvalue weighted by atomic mass is 10.1. The Morgan fingerprint density at radius 3 is 2.52 bits per heavy atom. The second-order valence-corrected chi connectivity index (χ2v) is 6.27. The van der Waals surface area contributed by atoms with Crippen molar-refractivity contribution >= 4 is 23.4 Å². The number of hydrogen-bond acceptors (Lipinski definition) is 5. The van der Waals surface area contributed by atoms with Gasteiger partial charge in [0, 0.05) is 24.0 Å². The van der Waals surface area contributed by atoms with Gasteiger partial charge < -0.3 is 15.8 Å².